The molecular weight excluding hydrogens is 380 g/mol. The van der Waals surface area contributed by atoms with Crippen molar-refractivity contribution in [3.05, 3.63) is 53.6 Å². The third kappa shape index (κ3) is 6.62. The van der Waals surface area contributed by atoms with Gasteiger partial charge in [-0.2, -0.15) is 0 Å². The fraction of sp³-hybridized carbons (Fsp3) is 0.250. The molecule has 0 aliphatic heterocycles. The van der Waals surface area contributed by atoms with Crippen molar-refractivity contribution >= 4 is 35.2 Å². The molecule has 0 bridgehead atoms. The zero-order valence-electron chi connectivity index (χ0n) is 15.7. The number of aryl methyl sites for hydroxylation is 1. The molecule has 0 fully saturated rings. The van der Waals surface area contributed by atoms with Crippen LogP contribution < -0.4 is 15.8 Å². The summed E-state index contributed by atoms with van der Waals surface area (Å²) < 4.78 is 10.3. The highest BCUT2D eigenvalue weighted by atomic mass is 32.2. The molecule has 2 aromatic rings. The topological polar surface area (TPSA) is 108 Å². The van der Waals surface area contributed by atoms with Crippen LogP contribution in [-0.4, -0.2) is 37.3 Å². The number of nitrogens with two attached hydrogens (primary N) is 1. The van der Waals surface area contributed by atoms with E-state index in [1.807, 2.05) is 19.1 Å². The number of benzene rings is 2. The van der Waals surface area contributed by atoms with Crippen LogP contribution in [0.5, 0.6) is 5.75 Å². The average molecular weight is 402 g/mol. The molecule has 3 N–H and O–H groups in total. The summed E-state index contributed by atoms with van der Waals surface area (Å²) in [5, 5.41) is 2.67. The van der Waals surface area contributed by atoms with Crippen LogP contribution in [-0.2, 0) is 25.5 Å². The first-order chi connectivity index (χ1) is 13.4. The Hall–Kier alpha value is -3.00. The normalized spacial score (nSPS) is 10.2. The maximum atomic E-state index is 12.1. The van der Waals surface area contributed by atoms with Crippen molar-refractivity contribution < 1.29 is 23.9 Å². The second-order valence-corrected chi connectivity index (χ2v) is 6.97. The number of thioether (sulfide) groups is 1. The van der Waals surface area contributed by atoms with Crippen LogP contribution in [0.4, 0.5) is 5.69 Å². The standard InChI is InChI=1S/C20H22N2O5S/c1-13-7-8-16(26-2)14(9-13)10-20(25)27-11-19(24)22-15-5-3-4-6-17(15)28-12-18(21)23/h3-9H,10-12H2,1-2H3,(H2,21,23)(H,22,24). The zero-order chi connectivity index (χ0) is 20.5. The van der Waals surface area contributed by atoms with E-state index < -0.39 is 24.4 Å². The summed E-state index contributed by atoms with van der Waals surface area (Å²) in [6, 6.07) is 12.5. The molecule has 0 spiro atoms. The van der Waals surface area contributed by atoms with Crippen molar-refractivity contribution in [2.24, 2.45) is 5.73 Å². The second kappa shape index (κ2) is 10.4. The van der Waals surface area contributed by atoms with Crippen LogP contribution in [0.2, 0.25) is 0 Å². The van der Waals surface area contributed by atoms with Gasteiger partial charge in [0, 0.05) is 10.5 Å². The van der Waals surface area contributed by atoms with Crippen molar-refractivity contribution in [2.75, 3.05) is 24.8 Å². The number of amides is 2. The molecule has 7 nitrogen and oxygen atoms in total. The molecule has 0 saturated heterocycles. The molecule has 0 atom stereocenters. The number of primary amides is 1. The van der Waals surface area contributed by atoms with E-state index in [0.29, 0.717) is 21.9 Å². The number of carbonyl (C=O) groups excluding carboxylic acids is 3. The Balaban J connectivity index is 1.90. The summed E-state index contributed by atoms with van der Waals surface area (Å²) in [5.41, 5.74) is 7.36. The molecule has 0 aliphatic rings. The van der Waals surface area contributed by atoms with Gasteiger partial charge < -0.3 is 20.5 Å². The van der Waals surface area contributed by atoms with Crippen molar-refractivity contribution in [3.8, 4) is 5.75 Å². The minimum absolute atomic E-state index is 0.00316. The number of nitrogens with one attached hydrogen (secondary N) is 1. The molecule has 0 aromatic heterocycles. The molecule has 0 aliphatic carbocycles. The lowest BCUT2D eigenvalue weighted by atomic mass is 10.1. The monoisotopic (exact) mass is 402 g/mol. The van der Waals surface area contributed by atoms with E-state index in [1.165, 1.54) is 18.9 Å². The molecular formula is C20H22N2O5S. The molecule has 8 heteroatoms. The molecule has 2 rings (SSSR count). The fourth-order valence-electron chi connectivity index (χ4n) is 2.43. The summed E-state index contributed by atoms with van der Waals surface area (Å²) in [6.07, 6.45) is 0.00316. The van der Waals surface area contributed by atoms with Gasteiger partial charge >= 0.3 is 5.97 Å². The number of ether oxygens (including phenoxy) is 2. The van der Waals surface area contributed by atoms with Gasteiger partial charge in [0.05, 0.1) is 25.0 Å². The van der Waals surface area contributed by atoms with Gasteiger partial charge in [0.1, 0.15) is 5.75 Å². The van der Waals surface area contributed by atoms with Crippen molar-refractivity contribution in [1.82, 2.24) is 0 Å². The van der Waals surface area contributed by atoms with Crippen LogP contribution in [0.25, 0.3) is 0 Å². The zero-order valence-corrected chi connectivity index (χ0v) is 16.5. The largest absolute Gasteiger partial charge is 0.496 e. The van der Waals surface area contributed by atoms with Crippen molar-refractivity contribution in [1.29, 1.82) is 0 Å². The fourth-order valence-corrected chi connectivity index (χ4v) is 3.18. The van der Waals surface area contributed by atoms with E-state index in [0.717, 1.165) is 5.56 Å². The quantitative estimate of drug-likeness (QED) is 0.492. The van der Waals surface area contributed by atoms with Gasteiger partial charge in [-0.1, -0.05) is 29.8 Å². The second-order valence-electron chi connectivity index (χ2n) is 5.95. The molecule has 148 valence electrons. The van der Waals surface area contributed by atoms with Gasteiger partial charge in [-0.3, -0.25) is 14.4 Å². The van der Waals surface area contributed by atoms with E-state index in [4.69, 9.17) is 15.2 Å². The van der Waals surface area contributed by atoms with Gasteiger partial charge in [0.2, 0.25) is 5.91 Å². The Labute approximate surface area is 167 Å². The van der Waals surface area contributed by atoms with Crippen LogP contribution >= 0.6 is 11.8 Å². The number of anilines is 1. The minimum atomic E-state index is -0.532. The average Bonchev–Trinajstić information content (AvgIpc) is 2.66. The number of rotatable bonds is 9. The third-order valence-electron chi connectivity index (χ3n) is 3.67. The summed E-state index contributed by atoms with van der Waals surface area (Å²) in [7, 11) is 1.53. The van der Waals surface area contributed by atoms with E-state index in [2.05, 4.69) is 5.32 Å². The van der Waals surface area contributed by atoms with Gasteiger partial charge in [-0.05, 0) is 25.1 Å². The number of hydrogen-bond donors (Lipinski definition) is 2. The highest BCUT2D eigenvalue weighted by Gasteiger charge is 2.13. The summed E-state index contributed by atoms with van der Waals surface area (Å²) >= 11 is 1.22. The van der Waals surface area contributed by atoms with E-state index in [1.54, 1.807) is 30.3 Å². The summed E-state index contributed by atoms with van der Waals surface area (Å²) in [5.74, 6) is -0.772. The number of carbonyl (C=O) groups is 3. The highest BCUT2D eigenvalue weighted by molar-refractivity contribution is 8.00. The Bertz CT molecular complexity index is 869. The lowest BCUT2D eigenvalue weighted by Crippen LogP contribution is -2.22. The first-order valence-electron chi connectivity index (χ1n) is 8.48. The number of methoxy groups -OCH3 is 1. The van der Waals surface area contributed by atoms with E-state index >= 15 is 0 Å². The lowest BCUT2D eigenvalue weighted by Gasteiger charge is -2.11. The van der Waals surface area contributed by atoms with Gasteiger partial charge in [-0.25, -0.2) is 0 Å². The Morgan fingerprint density at radius 3 is 2.61 bits per heavy atom. The van der Waals surface area contributed by atoms with Gasteiger partial charge in [0.25, 0.3) is 5.91 Å². The molecule has 28 heavy (non-hydrogen) atoms. The molecule has 2 amide bonds. The number of para-hydroxylation sites is 1. The highest BCUT2D eigenvalue weighted by Crippen LogP contribution is 2.26. The number of hydrogen-bond acceptors (Lipinski definition) is 6. The molecule has 0 unspecified atom stereocenters. The SMILES string of the molecule is COc1ccc(C)cc1CC(=O)OCC(=O)Nc1ccccc1SCC(N)=O. The van der Waals surface area contributed by atoms with E-state index in [-0.39, 0.29) is 12.2 Å². The smallest absolute Gasteiger partial charge is 0.310 e. The predicted octanol–water partition coefficient (Wildman–Crippen LogP) is 2.31. The van der Waals surface area contributed by atoms with Crippen LogP contribution in [0.1, 0.15) is 11.1 Å². The van der Waals surface area contributed by atoms with Crippen LogP contribution in [0, 0.1) is 6.92 Å². The molecule has 0 radical (unpaired) electrons. The number of esters is 1. The van der Waals surface area contributed by atoms with Crippen molar-refractivity contribution in [3.63, 3.8) is 0 Å². The summed E-state index contributed by atoms with van der Waals surface area (Å²) in [4.78, 5) is 35.9. The van der Waals surface area contributed by atoms with Crippen molar-refractivity contribution in [2.45, 2.75) is 18.2 Å². The minimum Gasteiger partial charge on any atom is -0.496 e. The Morgan fingerprint density at radius 2 is 1.89 bits per heavy atom. The molecule has 0 heterocycles. The Kier molecular flexibility index (Phi) is 7.88. The van der Waals surface area contributed by atoms with E-state index in [9.17, 15) is 14.4 Å². The maximum absolute atomic E-state index is 12.1. The molecule has 2 aromatic carbocycles. The Morgan fingerprint density at radius 1 is 1.14 bits per heavy atom. The van der Waals surface area contributed by atoms with Gasteiger partial charge in [0.15, 0.2) is 6.61 Å². The van der Waals surface area contributed by atoms with Crippen LogP contribution in [0.15, 0.2) is 47.4 Å². The lowest BCUT2D eigenvalue weighted by molar-refractivity contribution is -0.146. The maximum Gasteiger partial charge on any atom is 0.310 e. The third-order valence-corrected chi connectivity index (χ3v) is 4.76. The molecule has 0 saturated carbocycles. The first kappa shape index (κ1) is 21.3. The van der Waals surface area contributed by atoms with Gasteiger partial charge in [-0.15, -0.1) is 11.8 Å². The summed E-state index contributed by atoms with van der Waals surface area (Å²) in [6.45, 7) is 1.50. The van der Waals surface area contributed by atoms with Crippen LogP contribution in [0.3, 0.4) is 0 Å². The first-order valence-corrected chi connectivity index (χ1v) is 9.46. The predicted molar refractivity (Wildman–Crippen MR) is 107 cm³/mol.